The summed E-state index contributed by atoms with van der Waals surface area (Å²) in [6.07, 6.45) is 1.67. The molecule has 47 heavy (non-hydrogen) atoms. The van der Waals surface area contributed by atoms with Gasteiger partial charge in [0.1, 0.15) is 23.9 Å². The van der Waals surface area contributed by atoms with Crippen LogP contribution in [0, 0.1) is 25.2 Å². The van der Waals surface area contributed by atoms with Crippen molar-refractivity contribution in [1.82, 2.24) is 19.6 Å². The van der Waals surface area contributed by atoms with Crippen LogP contribution in [0.3, 0.4) is 0 Å². The molecule has 0 aliphatic carbocycles. The zero-order chi connectivity index (χ0) is 33.0. The maximum absolute atomic E-state index is 13.9. The van der Waals surface area contributed by atoms with Crippen molar-refractivity contribution in [2.45, 2.75) is 32.9 Å². The SMILES string of the molecule is CCOC(=O)c1c(COc2c(C)nn(-c3ccc(C#N)c(Cl)c3)c2C)cnn1C(c1ccccc1)(c1ccccc1)c1ccccc1. The topological polar surface area (TPSA) is 95.0 Å². The number of rotatable bonds is 10. The fourth-order valence-electron chi connectivity index (χ4n) is 6.03. The second-order valence-corrected chi connectivity index (χ2v) is 11.3. The minimum atomic E-state index is -1.02. The minimum absolute atomic E-state index is 0.0318. The van der Waals surface area contributed by atoms with Crippen LogP contribution in [-0.2, 0) is 16.9 Å². The third-order valence-electron chi connectivity index (χ3n) is 8.12. The van der Waals surface area contributed by atoms with Crippen LogP contribution in [0.1, 0.15) is 56.6 Å². The lowest BCUT2D eigenvalue weighted by Crippen LogP contribution is -2.41. The Balaban J connectivity index is 1.49. The lowest BCUT2D eigenvalue weighted by molar-refractivity contribution is 0.0504. The summed E-state index contributed by atoms with van der Waals surface area (Å²) in [5.41, 5.74) is 5.06. The molecule has 0 amide bonds. The number of aromatic nitrogens is 4. The number of ether oxygens (including phenoxy) is 2. The van der Waals surface area contributed by atoms with Gasteiger partial charge in [-0.05, 0) is 55.7 Å². The summed E-state index contributed by atoms with van der Waals surface area (Å²) in [6, 6.07) is 37.3. The zero-order valence-electron chi connectivity index (χ0n) is 26.2. The van der Waals surface area contributed by atoms with E-state index in [2.05, 4.69) is 11.2 Å². The van der Waals surface area contributed by atoms with E-state index in [1.54, 1.807) is 40.7 Å². The Morgan fingerprint density at radius 1 is 0.894 bits per heavy atom. The Labute approximate surface area is 278 Å². The molecule has 0 aliphatic rings. The zero-order valence-corrected chi connectivity index (χ0v) is 27.0. The third kappa shape index (κ3) is 5.66. The normalized spacial score (nSPS) is 11.2. The van der Waals surface area contributed by atoms with Crippen LogP contribution in [0.25, 0.3) is 5.69 Å². The summed E-state index contributed by atoms with van der Waals surface area (Å²) < 4.78 is 15.6. The van der Waals surface area contributed by atoms with E-state index < -0.39 is 11.5 Å². The van der Waals surface area contributed by atoms with Gasteiger partial charge in [0.2, 0.25) is 0 Å². The molecule has 0 N–H and O–H groups in total. The molecule has 0 fully saturated rings. The lowest BCUT2D eigenvalue weighted by Gasteiger charge is -2.37. The molecule has 0 saturated carbocycles. The minimum Gasteiger partial charge on any atom is -0.485 e. The number of halogens is 1. The second-order valence-electron chi connectivity index (χ2n) is 10.9. The highest BCUT2D eigenvalue weighted by atomic mass is 35.5. The van der Waals surface area contributed by atoms with E-state index in [0.717, 1.165) is 22.4 Å². The molecule has 2 aromatic heterocycles. The third-order valence-corrected chi connectivity index (χ3v) is 8.43. The molecule has 0 spiro atoms. The number of aryl methyl sites for hydroxylation is 1. The van der Waals surface area contributed by atoms with Gasteiger partial charge in [0.25, 0.3) is 0 Å². The van der Waals surface area contributed by atoms with Crippen molar-refractivity contribution in [2.75, 3.05) is 6.61 Å². The van der Waals surface area contributed by atoms with Crippen molar-refractivity contribution in [3.05, 3.63) is 165 Å². The Hall–Kier alpha value is -5.65. The number of nitriles is 1. The molecule has 8 nitrogen and oxygen atoms in total. The summed E-state index contributed by atoms with van der Waals surface area (Å²) in [5, 5.41) is 19.2. The molecule has 234 valence electrons. The average Bonchev–Trinajstić information content (AvgIpc) is 3.65. The van der Waals surface area contributed by atoms with E-state index >= 15 is 0 Å². The number of hydrogen-bond acceptors (Lipinski definition) is 6. The van der Waals surface area contributed by atoms with E-state index in [-0.39, 0.29) is 18.9 Å². The molecule has 4 aromatic carbocycles. The maximum Gasteiger partial charge on any atom is 0.357 e. The molecule has 0 unspecified atom stereocenters. The Morgan fingerprint density at radius 3 is 1.98 bits per heavy atom. The lowest BCUT2D eigenvalue weighted by atomic mass is 9.77. The summed E-state index contributed by atoms with van der Waals surface area (Å²) in [4.78, 5) is 13.9. The molecule has 2 heterocycles. The summed E-state index contributed by atoms with van der Waals surface area (Å²) >= 11 is 6.32. The van der Waals surface area contributed by atoms with Gasteiger partial charge in [0.15, 0.2) is 11.4 Å². The number of carbonyl (C=O) groups is 1. The van der Waals surface area contributed by atoms with Crippen molar-refractivity contribution >= 4 is 17.6 Å². The Bertz CT molecular complexity index is 1970. The smallest absolute Gasteiger partial charge is 0.357 e. The van der Waals surface area contributed by atoms with Crippen LogP contribution in [0.4, 0.5) is 0 Å². The molecule has 0 radical (unpaired) electrons. The van der Waals surface area contributed by atoms with E-state index in [1.807, 2.05) is 105 Å². The standard InChI is InChI=1S/C38H32ClN5O3/c1-4-46-37(45)35-29(25-47-36-26(2)42-43(27(36)3)33-21-20-28(23-40)34(39)22-33)24-41-44(35)38(30-14-8-5-9-15-30,31-16-10-6-11-17-31)32-18-12-7-13-19-32/h5-22,24H,4,25H2,1-3H3. The first-order valence-electron chi connectivity index (χ1n) is 15.2. The fraction of sp³-hybridized carbons (Fsp3) is 0.158. The molecule has 0 atom stereocenters. The van der Waals surface area contributed by atoms with Crippen molar-refractivity contribution < 1.29 is 14.3 Å². The van der Waals surface area contributed by atoms with Gasteiger partial charge < -0.3 is 9.47 Å². The van der Waals surface area contributed by atoms with Gasteiger partial charge in [-0.25, -0.2) is 14.2 Å². The van der Waals surface area contributed by atoms with Gasteiger partial charge in [0.05, 0.1) is 34.8 Å². The largest absolute Gasteiger partial charge is 0.485 e. The molecule has 0 saturated heterocycles. The van der Waals surface area contributed by atoms with Crippen LogP contribution in [0.5, 0.6) is 5.75 Å². The molecule has 0 aliphatic heterocycles. The second kappa shape index (κ2) is 13.4. The predicted molar refractivity (Wildman–Crippen MR) is 180 cm³/mol. The number of esters is 1. The number of benzene rings is 4. The van der Waals surface area contributed by atoms with Gasteiger partial charge in [0, 0.05) is 5.56 Å². The Morgan fingerprint density at radius 2 is 1.47 bits per heavy atom. The van der Waals surface area contributed by atoms with Crippen molar-refractivity contribution in [1.29, 1.82) is 5.26 Å². The van der Waals surface area contributed by atoms with Gasteiger partial charge in [-0.1, -0.05) is 103 Å². The first kappa shape index (κ1) is 31.3. The first-order chi connectivity index (χ1) is 22.9. The van der Waals surface area contributed by atoms with Gasteiger partial charge in [-0.2, -0.15) is 15.5 Å². The fourth-order valence-corrected chi connectivity index (χ4v) is 6.25. The van der Waals surface area contributed by atoms with E-state index in [9.17, 15) is 10.1 Å². The summed E-state index contributed by atoms with van der Waals surface area (Å²) in [6.45, 7) is 5.75. The number of nitrogens with zero attached hydrogens (tertiary/aromatic N) is 5. The maximum atomic E-state index is 13.9. The van der Waals surface area contributed by atoms with Crippen LogP contribution in [0.2, 0.25) is 5.02 Å². The van der Waals surface area contributed by atoms with Crippen LogP contribution in [-0.4, -0.2) is 32.1 Å². The summed E-state index contributed by atoms with van der Waals surface area (Å²) in [5.74, 6) is 0.0561. The molecular formula is C38H32ClN5O3. The van der Waals surface area contributed by atoms with E-state index in [1.165, 1.54) is 0 Å². The van der Waals surface area contributed by atoms with Crippen molar-refractivity contribution in [2.24, 2.45) is 0 Å². The van der Waals surface area contributed by atoms with Crippen LogP contribution >= 0.6 is 11.6 Å². The Kier molecular flexibility index (Phi) is 8.92. The molecule has 6 aromatic rings. The first-order valence-corrected chi connectivity index (χ1v) is 15.6. The van der Waals surface area contributed by atoms with Crippen molar-refractivity contribution in [3.8, 4) is 17.5 Å². The monoisotopic (exact) mass is 641 g/mol. The number of carbonyl (C=O) groups excluding carboxylic acids is 1. The summed E-state index contributed by atoms with van der Waals surface area (Å²) in [7, 11) is 0. The van der Waals surface area contributed by atoms with E-state index in [0.29, 0.717) is 33.3 Å². The quantitative estimate of drug-likeness (QED) is 0.112. The highest BCUT2D eigenvalue weighted by Crippen LogP contribution is 2.42. The number of hydrogen-bond donors (Lipinski definition) is 0. The van der Waals surface area contributed by atoms with Crippen LogP contribution in [0.15, 0.2) is 115 Å². The molecular weight excluding hydrogens is 610 g/mol. The molecule has 6 rings (SSSR count). The van der Waals surface area contributed by atoms with Crippen LogP contribution < -0.4 is 4.74 Å². The van der Waals surface area contributed by atoms with Crippen molar-refractivity contribution in [3.63, 3.8) is 0 Å². The highest BCUT2D eigenvalue weighted by Gasteiger charge is 2.43. The van der Waals surface area contributed by atoms with Gasteiger partial charge in [-0.15, -0.1) is 0 Å². The highest BCUT2D eigenvalue weighted by molar-refractivity contribution is 6.31. The predicted octanol–water partition coefficient (Wildman–Crippen LogP) is 7.81. The van der Waals surface area contributed by atoms with E-state index in [4.69, 9.17) is 26.2 Å². The molecule has 9 heteroatoms. The van der Waals surface area contributed by atoms with Gasteiger partial charge >= 0.3 is 5.97 Å². The average molecular weight is 642 g/mol. The molecule has 0 bridgehead atoms. The van der Waals surface area contributed by atoms with Gasteiger partial charge in [-0.3, -0.25) is 0 Å².